The summed E-state index contributed by atoms with van der Waals surface area (Å²) < 4.78 is 62.2. The Morgan fingerprint density at radius 1 is 1.10 bits per heavy atom. The van der Waals surface area contributed by atoms with E-state index < -0.39 is 31.6 Å². The predicted molar refractivity (Wildman–Crippen MR) is 68.1 cm³/mol. The third kappa shape index (κ3) is 2.69. The van der Waals surface area contributed by atoms with E-state index >= 15 is 0 Å². The van der Waals surface area contributed by atoms with E-state index in [0.717, 1.165) is 18.2 Å². The molecule has 1 aromatic carbocycles. The molecule has 0 saturated heterocycles. The minimum atomic E-state index is -4.45. The molecule has 0 bridgehead atoms. The van der Waals surface area contributed by atoms with Gasteiger partial charge in [-0.1, -0.05) is 6.07 Å². The smallest absolute Gasteiger partial charge is 0.304 e. The van der Waals surface area contributed by atoms with Crippen molar-refractivity contribution in [1.82, 2.24) is 0 Å². The first-order valence-corrected chi connectivity index (χ1v) is 8.02. The predicted octanol–water partition coefficient (Wildman–Crippen LogP) is 0.585. The first-order valence-electron chi connectivity index (χ1n) is 5.14. The van der Waals surface area contributed by atoms with Crippen LogP contribution in [0.25, 0.3) is 11.6 Å². The van der Waals surface area contributed by atoms with Gasteiger partial charge in [-0.2, -0.15) is 21.6 Å². The van der Waals surface area contributed by atoms with Crippen LogP contribution in [-0.4, -0.2) is 36.4 Å². The third-order valence-corrected chi connectivity index (χ3v) is 4.52. The molecule has 1 aliphatic carbocycles. The lowest BCUT2D eigenvalue weighted by Crippen LogP contribution is -2.16. The van der Waals surface area contributed by atoms with Crippen molar-refractivity contribution < 1.29 is 30.7 Å². The number of nitrogens with zero attached hydrogens (tertiary/aromatic N) is 2. The molecule has 8 nitrogen and oxygen atoms in total. The number of benzene rings is 1. The van der Waals surface area contributed by atoms with Crippen molar-refractivity contribution in [2.24, 2.45) is 0 Å². The maximum Gasteiger partial charge on any atom is 0.304 e. The van der Waals surface area contributed by atoms with Gasteiger partial charge in [-0.3, -0.25) is 9.11 Å². The van der Waals surface area contributed by atoms with Gasteiger partial charge in [0.15, 0.2) is 0 Å². The van der Waals surface area contributed by atoms with Crippen LogP contribution >= 0.6 is 0 Å². The molecule has 106 valence electrons. The number of fused-ring (bicyclic) bond motifs is 1. The minimum absolute atomic E-state index is 0.138. The molecule has 20 heavy (non-hydrogen) atoms. The Bertz CT molecular complexity index is 876. The molecule has 1 aliphatic rings. The summed E-state index contributed by atoms with van der Waals surface area (Å²) in [6.07, 6.45) is 0.740. The maximum atomic E-state index is 11.1. The van der Waals surface area contributed by atoms with Crippen molar-refractivity contribution in [1.29, 1.82) is 0 Å². The van der Waals surface area contributed by atoms with Crippen LogP contribution in [0, 0.1) is 0 Å². The summed E-state index contributed by atoms with van der Waals surface area (Å²) in [5.74, 6) is 0. The van der Waals surface area contributed by atoms with E-state index in [1.807, 2.05) is 0 Å². The lowest BCUT2D eigenvalue weighted by atomic mass is 9.95. The van der Waals surface area contributed by atoms with Gasteiger partial charge in [-0.15, -0.1) is 0 Å². The van der Waals surface area contributed by atoms with Crippen LogP contribution in [0.4, 0.5) is 0 Å². The number of rotatable bonds is 2. The van der Waals surface area contributed by atoms with Crippen molar-refractivity contribution >= 4 is 32.0 Å². The van der Waals surface area contributed by atoms with Crippen LogP contribution in [0.2, 0.25) is 0 Å². The lowest BCUT2D eigenvalue weighted by molar-refractivity contribution is -0.00620. The molecule has 2 N–H and O–H groups in total. The molecule has 0 radical (unpaired) electrons. The summed E-state index contributed by atoms with van der Waals surface area (Å²) in [7, 11) is -8.88. The van der Waals surface area contributed by atoms with Gasteiger partial charge in [0.05, 0.1) is 21.8 Å². The number of hydrogen-bond donors (Lipinski definition) is 2. The van der Waals surface area contributed by atoms with E-state index in [4.69, 9.17) is 14.6 Å². The standard InChI is InChI=1S/C10H8N2O6S2/c11-12-10-5-8(20(16,17)18)3-6-1-2-7(4-9(6)10)19(13,14)15/h1-4H,5H2,(H,13,14,15)(H,16,17,18). The molecule has 1 aromatic rings. The Morgan fingerprint density at radius 3 is 2.25 bits per heavy atom. The summed E-state index contributed by atoms with van der Waals surface area (Å²) in [4.78, 5) is 2.11. The number of allylic oxidation sites excluding steroid dienone is 1. The molecule has 0 atom stereocenters. The summed E-state index contributed by atoms with van der Waals surface area (Å²) in [6.45, 7) is 0. The van der Waals surface area contributed by atoms with Crippen LogP contribution in [0.1, 0.15) is 17.5 Å². The monoisotopic (exact) mass is 316 g/mol. The molecule has 0 aromatic heterocycles. The molecule has 0 unspecified atom stereocenters. The summed E-state index contributed by atoms with van der Waals surface area (Å²) in [5, 5.41) is 0. The van der Waals surface area contributed by atoms with E-state index in [1.54, 1.807) is 0 Å². The molecule has 0 spiro atoms. The highest BCUT2D eigenvalue weighted by molar-refractivity contribution is 7.90. The Labute approximate surface area is 114 Å². The molecule has 0 saturated carbocycles. The average Bonchev–Trinajstić information content (AvgIpc) is 2.34. The molecular weight excluding hydrogens is 308 g/mol. The fourth-order valence-corrected chi connectivity index (χ4v) is 2.91. The van der Waals surface area contributed by atoms with E-state index in [2.05, 4.69) is 4.79 Å². The van der Waals surface area contributed by atoms with Gasteiger partial charge in [-0.05, 0) is 23.8 Å². The van der Waals surface area contributed by atoms with Gasteiger partial charge in [-0.25, -0.2) is 0 Å². The molecule has 0 aliphatic heterocycles. The minimum Gasteiger partial charge on any atom is -0.361 e. The summed E-state index contributed by atoms with van der Waals surface area (Å²) >= 11 is 0. The average molecular weight is 316 g/mol. The van der Waals surface area contributed by atoms with Crippen LogP contribution < -0.4 is 0 Å². The molecule has 0 amide bonds. The van der Waals surface area contributed by atoms with Crippen molar-refractivity contribution in [2.75, 3.05) is 0 Å². The lowest BCUT2D eigenvalue weighted by Gasteiger charge is -2.11. The zero-order valence-electron chi connectivity index (χ0n) is 9.75. The largest absolute Gasteiger partial charge is 0.361 e. The zero-order valence-corrected chi connectivity index (χ0v) is 11.4. The fourth-order valence-electron chi connectivity index (χ4n) is 1.81. The van der Waals surface area contributed by atoms with Crippen molar-refractivity contribution in [3.8, 4) is 0 Å². The van der Waals surface area contributed by atoms with Crippen molar-refractivity contribution in [3.05, 3.63) is 39.8 Å². The van der Waals surface area contributed by atoms with Crippen LogP contribution in [0.5, 0.6) is 0 Å². The second-order valence-corrected chi connectivity index (χ2v) is 6.93. The Hall–Kier alpha value is -1.84. The van der Waals surface area contributed by atoms with E-state index in [9.17, 15) is 16.8 Å². The second-order valence-electron chi connectivity index (χ2n) is 4.03. The Morgan fingerprint density at radius 2 is 1.75 bits per heavy atom. The maximum absolute atomic E-state index is 11.1. The Kier molecular flexibility index (Phi) is 3.36. The van der Waals surface area contributed by atoms with E-state index in [1.165, 1.54) is 6.07 Å². The van der Waals surface area contributed by atoms with Gasteiger partial charge in [0.2, 0.25) is 0 Å². The topological polar surface area (TPSA) is 145 Å². The quantitative estimate of drug-likeness (QED) is 0.464. The highest BCUT2D eigenvalue weighted by atomic mass is 32.2. The fraction of sp³-hybridized carbons (Fsp3) is 0.100. The first-order chi connectivity index (χ1) is 9.13. The summed E-state index contributed by atoms with van der Waals surface area (Å²) in [5.41, 5.74) is 9.14. The van der Waals surface area contributed by atoms with Crippen molar-refractivity contribution in [3.63, 3.8) is 0 Å². The van der Waals surface area contributed by atoms with Crippen LogP contribution in [0.15, 0.2) is 28.0 Å². The molecule has 0 heterocycles. The molecule has 0 fully saturated rings. The third-order valence-electron chi connectivity index (χ3n) is 2.74. The van der Waals surface area contributed by atoms with Gasteiger partial charge in [0, 0.05) is 0 Å². The Balaban J connectivity index is 2.74. The van der Waals surface area contributed by atoms with Crippen LogP contribution in [0.3, 0.4) is 0 Å². The van der Waals surface area contributed by atoms with Crippen LogP contribution in [-0.2, 0) is 20.2 Å². The van der Waals surface area contributed by atoms with Gasteiger partial charge in [0.1, 0.15) is 0 Å². The number of hydrogen-bond acceptors (Lipinski definition) is 4. The highest BCUT2D eigenvalue weighted by Gasteiger charge is 2.30. The highest BCUT2D eigenvalue weighted by Crippen LogP contribution is 2.28. The van der Waals surface area contributed by atoms with Gasteiger partial charge < -0.3 is 5.53 Å². The first kappa shape index (κ1) is 14.6. The molecule has 10 heteroatoms. The van der Waals surface area contributed by atoms with E-state index in [0.29, 0.717) is 0 Å². The normalized spacial score (nSPS) is 15.3. The zero-order chi connectivity index (χ0) is 15.1. The van der Waals surface area contributed by atoms with Crippen molar-refractivity contribution in [2.45, 2.75) is 11.3 Å². The van der Waals surface area contributed by atoms with E-state index in [-0.39, 0.29) is 21.7 Å². The van der Waals surface area contributed by atoms with Gasteiger partial charge >= 0.3 is 5.71 Å². The summed E-state index contributed by atoms with van der Waals surface area (Å²) in [6, 6.07) is 3.34. The molecule has 2 rings (SSSR count). The SMILES string of the molecule is [N-]=[N+]=C1CC(S(=O)(=O)O)=Cc2ccc(S(=O)(=O)O)cc21. The van der Waals surface area contributed by atoms with Gasteiger partial charge in [0.25, 0.3) is 20.2 Å². The second kappa shape index (κ2) is 4.62. The molecular formula is C10H8N2O6S2.